The molecule has 0 aliphatic heterocycles. The summed E-state index contributed by atoms with van der Waals surface area (Å²) in [4.78, 5) is 29.6. The fourth-order valence-electron chi connectivity index (χ4n) is 3.71. The first-order chi connectivity index (χ1) is 16.3. The highest BCUT2D eigenvalue weighted by Gasteiger charge is 2.17. The van der Waals surface area contributed by atoms with E-state index >= 15 is 0 Å². The van der Waals surface area contributed by atoms with Gasteiger partial charge < -0.3 is 10.6 Å². The van der Waals surface area contributed by atoms with Crippen molar-refractivity contribution in [3.8, 4) is 5.69 Å². The lowest BCUT2D eigenvalue weighted by Crippen LogP contribution is -2.15. The molecule has 0 aliphatic rings. The van der Waals surface area contributed by atoms with Crippen molar-refractivity contribution in [3.05, 3.63) is 100 Å². The maximum Gasteiger partial charge on any atom is 0.255 e. The van der Waals surface area contributed by atoms with Gasteiger partial charge in [0.1, 0.15) is 0 Å². The van der Waals surface area contributed by atoms with Crippen LogP contribution in [0.25, 0.3) is 5.69 Å². The molecule has 2 heterocycles. The van der Waals surface area contributed by atoms with Gasteiger partial charge in [0.05, 0.1) is 28.5 Å². The van der Waals surface area contributed by atoms with Gasteiger partial charge in [0.2, 0.25) is 5.91 Å². The number of nitrogens with zero attached hydrogens (tertiary/aromatic N) is 3. The SMILES string of the molecule is Cc1cc(NC(=O)c2cccc(-n3nc(C)c(CC(=O)Nc4ccccc4Cl)c3C)c2)ccn1. The first kappa shape index (κ1) is 23.2. The molecule has 0 spiro atoms. The van der Waals surface area contributed by atoms with E-state index in [0.29, 0.717) is 22.0 Å². The Bertz CT molecular complexity index is 1380. The van der Waals surface area contributed by atoms with Crippen LogP contribution in [0.3, 0.4) is 0 Å². The van der Waals surface area contributed by atoms with Gasteiger partial charge in [0.25, 0.3) is 5.91 Å². The molecule has 0 atom stereocenters. The molecule has 0 saturated carbocycles. The monoisotopic (exact) mass is 473 g/mol. The number of carbonyl (C=O) groups excluding carboxylic acids is 2. The van der Waals surface area contributed by atoms with Gasteiger partial charge in [-0.3, -0.25) is 14.6 Å². The van der Waals surface area contributed by atoms with E-state index in [9.17, 15) is 9.59 Å². The second-order valence-electron chi connectivity index (χ2n) is 7.96. The summed E-state index contributed by atoms with van der Waals surface area (Å²) < 4.78 is 1.75. The van der Waals surface area contributed by atoms with Crippen molar-refractivity contribution in [2.45, 2.75) is 27.2 Å². The highest BCUT2D eigenvalue weighted by atomic mass is 35.5. The van der Waals surface area contributed by atoms with Crippen molar-refractivity contribution in [3.63, 3.8) is 0 Å². The van der Waals surface area contributed by atoms with Crippen LogP contribution in [-0.4, -0.2) is 26.6 Å². The van der Waals surface area contributed by atoms with Crippen LogP contribution in [0.4, 0.5) is 11.4 Å². The Morgan fingerprint density at radius 1 is 0.971 bits per heavy atom. The van der Waals surface area contributed by atoms with Gasteiger partial charge in [0.15, 0.2) is 0 Å². The number of rotatable bonds is 6. The van der Waals surface area contributed by atoms with Crippen LogP contribution in [0.1, 0.15) is 33.0 Å². The number of aryl methyl sites for hydroxylation is 2. The number of nitrogens with one attached hydrogen (secondary N) is 2. The topological polar surface area (TPSA) is 88.9 Å². The molecule has 2 aromatic heterocycles. The highest BCUT2D eigenvalue weighted by Crippen LogP contribution is 2.23. The Morgan fingerprint density at radius 3 is 2.53 bits per heavy atom. The summed E-state index contributed by atoms with van der Waals surface area (Å²) in [5, 5.41) is 10.8. The molecule has 8 heteroatoms. The van der Waals surface area contributed by atoms with E-state index in [-0.39, 0.29) is 18.2 Å². The van der Waals surface area contributed by atoms with Crippen molar-refractivity contribution < 1.29 is 9.59 Å². The van der Waals surface area contributed by atoms with Crippen LogP contribution >= 0.6 is 11.6 Å². The van der Waals surface area contributed by atoms with E-state index in [4.69, 9.17) is 11.6 Å². The molecular weight excluding hydrogens is 450 g/mol. The van der Waals surface area contributed by atoms with Crippen molar-refractivity contribution in [2.24, 2.45) is 0 Å². The van der Waals surface area contributed by atoms with Crippen molar-refractivity contribution in [2.75, 3.05) is 10.6 Å². The molecule has 2 N–H and O–H groups in total. The van der Waals surface area contributed by atoms with Crippen LogP contribution in [0.5, 0.6) is 0 Å². The summed E-state index contributed by atoms with van der Waals surface area (Å²) in [6, 6.07) is 17.9. The van der Waals surface area contributed by atoms with Gasteiger partial charge in [-0.15, -0.1) is 0 Å². The molecule has 172 valence electrons. The number of halogens is 1. The number of benzene rings is 2. The van der Waals surface area contributed by atoms with Crippen LogP contribution in [0, 0.1) is 20.8 Å². The predicted octanol–water partition coefficient (Wildman–Crippen LogP) is 5.28. The lowest BCUT2D eigenvalue weighted by molar-refractivity contribution is -0.115. The predicted molar refractivity (Wildman–Crippen MR) is 134 cm³/mol. The van der Waals surface area contributed by atoms with Crippen molar-refractivity contribution >= 4 is 34.8 Å². The Morgan fingerprint density at radius 2 is 1.76 bits per heavy atom. The summed E-state index contributed by atoms with van der Waals surface area (Å²) in [5.41, 5.74) is 5.70. The number of amides is 2. The van der Waals surface area contributed by atoms with Crippen LogP contribution in [-0.2, 0) is 11.2 Å². The van der Waals surface area contributed by atoms with E-state index in [1.165, 1.54) is 0 Å². The number of aromatic nitrogens is 3. The van der Waals surface area contributed by atoms with E-state index < -0.39 is 0 Å². The maximum atomic E-state index is 12.8. The van der Waals surface area contributed by atoms with Crippen molar-refractivity contribution in [1.82, 2.24) is 14.8 Å². The third-order valence-corrected chi connectivity index (χ3v) is 5.76. The lowest BCUT2D eigenvalue weighted by atomic mass is 10.1. The number of hydrogen-bond acceptors (Lipinski definition) is 4. The van der Waals surface area contributed by atoms with Crippen molar-refractivity contribution in [1.29, 1.82) is 0 Å². The third kappa shape index (κ3) is 5.15. The van der Waals surface area contributed by atoms with Gasteiger partial charge in [-0.05, 0) is 63.2 Å². The molecule has 2 amide bonds. The number of para-hydroxylation sites is 1. The summed E-state index contributed by atoms with van der Waals surface area (Å²) in [6.07, 6.45) is 1.81. The fourth-order valence-corrected chi connectivity index (χ4v) is 3.89. The average Bonchev–Trinajstić information content (AvgIpc) is 3.09. The molecular formula is C26H24ClN5O2. The third-order valence-electron chi connectivity index (χ3n) is 5.43. The van der Waals surface area contributed by atoms with Crippen LogP contribution in [0.15, 0.2) is 66.9 Å². The molecule has 2 aromatic carbocycles. The largest absolute Gasteiger partial charge is 0.324 e. The standard InChI is InChI=1S/C26H24ClN5O2/c1-16-13-20(11-12-28-16)29-26(34)19-7-6-8-21(14-19)32-18(3)22(17(2)31-32)15-25(33)30-24-10-5-4-9-23(24)27/h4-14H,15H2,1-3H3,(H,30,33)(H,28,29,34). The second-order valence-corrected chi connectivity index (χ2v) is 8.36. The number of anilines is 2. The first-order valence-electron chi connectivity index (χ1n) is 10.8. The zero-order valence-corrected chi connectivity index (χ0v) is 19.8. The quantitative estimate of drug-likeness (QED) is 0.398. The molecule has 0 aliphatic carbocycles. The number of hydrogen-bond donors (Lipinski definition) is 2. The molecule has 0 unspecified atom stereocenters. The molecule has 0 bridgehead atoms. The van der Waals surface area contributed by atoms with Gasteiger partial charge in [-0.25, -0.2) is 4.68 Å². The van der Waals surface area contributed by atoms with E-state index in [1.807, 2.05) is 51.1 Å². The summed E-state index contributed by atoms with van der Waals surface area (Å²) in [6.45, 7) is 5.64. The maximum absolute atomic E-state index is 12.8. The molecule has 0 saturated heterocycles. The van der Waals surface area contributed by atoms with Gasteiger partial charge >= 0.3 is 0 Å². The molecule has 0 fully saturated rings. The summed E-state index contributed by atoms with van der Waals surface area (Å²) >= 11 is 6.15. The van der Waals surface area contributed by atoms with Crippen LogP contribution < -0.4 is 10.6 Å². The first-order valence-corrected chi connectivity index (χ1v) is 11.1. The van der Waals surface area contributed by atoms with Gasteiger partial charge in [0, 0.05) is 34.4 Å². The zero-order chi connectivity index (χ0) is 24.2. The van der Waals surface area contributed by atoms with E-state index in [2.05, 4.69) is 20.7 Å². The normalized spacial score (nSPS) is 10.7. The Labute approximate surface area is 202 Å². The van der Waals surface area contributed by atoms with E-state index in [0.717, 1.165) is 28.3 Å². The van der Waals surface area contributed by atoms with Gasteiger partial charge in [-0.1, -0.05) is 29.8 Å². The number of pyridine rings is 1. The minimum Gasteiger partial charge on any atom is -0.324 e. The molecule has 7 nitrogen and oxygen atoms in total. The smallest absolute Gasteiger partial charge is 0.255 e. The highest BCUT2D eigenvalue weighted by molar-refractivity contribution is 6.33. The Hall–Kier alpha value is -3.97. The Balaban J connectivity index is 1.54. The molecule has 4 aromatic rings. The molecule has 0 radical (unpaired) electrons. The lowest BCUT2D eigenvalue weighted by Gasteiger charge is -2.10. The zero-order valence-electron chi connectivity index (χ0n) is 19.1. The number of carbonyl (C=O) groups is 2. The van der Waals surface area contributed by atoms with Gasteiger partial charge in [-0.2, -0.15) is 5.10 Å². The Kier molecular flexibility index (Phi) is 6.75. The minimum atomic E-state index is -0.228. The summed E-state index contributed by atoms with van der Waals surface area (Å²) in [7, 11) is 0. The average molecular weight is 474 g/mol. The van der Waals surface area contributed by atoms with E-state index in [1.54, 1.807) is 41.2 Å². The second kappa shape index (κ2) is 9.89. The summed E-state index contributed by atoms with van der Waals surface area (Å²) in [5.74, 6) is -0.409. The molecule has 4 rings (SSSR count). The molecule has 34 heavy (non-hydrogen) atoms. The fraction of sp³-hybridized carbons (Fsp3) is 0.154. The minimum absolute atomic E-state index is 0.157. The van der Waals surface area contributed by atoms with Crippen LogP contribution in [0.2, 0.25) is 5.02 Å².